The highest BCUT2D eigenvalue weighted by molar-refractivity contribution is 8.18. The molecule has 25 heavy (non-hydrogen) atoms. The molecule has 7 nitrogen and oxygen atoms in total. The lowest BCUT2D eigenvalue weighted by Crippen LogP contribution is -2.36. The van der Waals surface area contributed by atoms with E-state index >= 15 is 0 Å². The van der Waals surface area contributed by atoms with Gasteiger partial charge >= 0.3 is 0 Å². The van der Waals surface area contributed by atoms with Gasteiger partial charge in [0.25, 0.3) is 11.1 Å². The number of amides is 3. The van der Waals surface area contributed by atoms with Crippen LogP contribution in [0, 0.1) is 0 Å². The summed E-state index contributed by atoms with van der Waals surface area (Å²) >= 11 is 6.52. The number of halogens is 1. The van der Waals surface area contributed by atoms with Crippen molar-refractivity contribution in [2.45, 2.75) is 0 Å². The number of thioether (sulfide) groups is 1. The van der Waals surface area contributed by atoms with Crippen molar-refractivity contribution in [2.24, 2.45) is 0 Å². The van der Waals surface area contributed by atoms with E-state index in [0.717, 1.165) is 16.7 Å². The van der Waals surface area contributed by atoms with Crippen molar-refractivity contribution in [3.8, 4) is 5.75 Å². The summed E-state index contributed by atoms with van der Waals surface area (Å²) in [5.74, 6) is -0.973. The molecule has 0 radical (unpaired) electrons. The molecule has 1 aromatic heterocycles. The van der Waals surface area contributed by atoms with Crippen molar-refractivity contribution in [2.75, 3.05) is 11.9 Å². The van der Waals surface area contributed by atoms with Crippen LogP contribution in [0.15, 0.2) is 45.9 Å². The van der Waals surface area contributed by atoms with Gasteiger partial charge in [0, 0.05) is 11.1 Å². The normalized spacial score (nSPS) is 15.9. The van der Waals surface area contributed by atoms with Gasteiger partial charge in [0.05, 0.1) is 16.9 Å². The first kappa shape index (κ1) is 17.1. The Morgan fingerprint density at radius 3 is 2.88 bits per heavy atom. The van der Waals surface area contributed by atoms with Gasteiger partial charge in [-0.05, 0) is 42.1 Å². The quantitative estimate of drug-likeness (QED) is 0.625. The van der Waals surface area contributed by atoms with Gasteiger partial charge in [0.2, 0.25) is 5.91 Å². The van der Waals surface area contributed by atoms with Gasteiger partial charge in [-0.1, -0.05) is 11.6 Å². The maximum atomic E-state index is 12.3. The fraction of sp³-hybridized carbons (Fsp3) is 0.0625. The summed E-state index contributed by atoms with van der Waals surface area (Å²) in [6, 6.07) is 7.44. The van der Waals surface area contributed by atoms with Crippen LogP contribution in [0.5, 0.6) is 5.75 Å². The van der Waals surface area contributed by atoms with Gasteiger partial charge in [-0.25, -0.2) is 0 Å². The number of furan rings is 1. The highest BCUT2D eigenvalue weighted by Gasteiger charge is 2.36. The Bertz CT molecular complexity index is 879. The molecule has 2 aromatic rings. The molecule has 2 N–H and O–H groups in total. The molecule has 0 saturated carbocycles. The number of rotatable bonds is 4. The smallest absolute Gasteiger partial charge is 0.294 e. The molecule has 9 heteroatoms. The third kappa shape index (κ3) is 3.86. The summed E-state index contributed by atoms with van der Waals surface area (Å²) < 4.78 is 5.11. The van der Waals surface area contributed by atoms with Crippen LogP contribution in [0.3, 0.4) is 0 Å². The van der Waals surface area contributed by atoms with Crippen LogP contribution in [0.25, 0.3) is 6.08 Å². The second kappa shape index (κ2) is 7.04. The number of hydrogen-bond acceptors (Lipinski definition) is 6. The molecule has 0 atom stereocenters. The minimum absolute atomic E-state index is 0.0931. The zero-order chi connectivity index (χ0) is 18.0. The molecule has 3 rings (SSSR count). The summed E-state index contributed by atoms with van der Waals surface area (Å²) in [6.07, 6.45) is 2.88. The third-order valence-corrected chi connectivity index (χ3v) is 4.37. The van der Waals surface area contributed by atoms with E-state index in [1.165, 1.54) is 30.5 Å². The number of imide groups is 1. The van der Waals surface area contributed by atoms with Crippen molar-refractivity contribution >= 4 is 52.2 Å². The van der Waals surface area contributed by atoms with E-state index in [-0.39, 0.29) is 16.3 Å². The summed E-state index contributed by atoms with van der Waals surface area (Å²) in [7, 11) is 0. The van der Waals surface area contributed by atoms with Crippen LogP contribution in [-0.4, -0.2) is 33.6 Å². The number of nitrogens with one attached hydrogen (secondary N) is 1. The lowest BCUT2D eigenvalue weighted by atomic mass is 10.3. The Hall–Kier alpha value is -2.71. The third-order valence-electron chi connectivity index (χ3n) is 3.22. The van der Waals surface area contributed by atoms with Gasteiger partial charge < -0.3 is 14.8 Å². The van der Waals surface area contributed by atoms with Crippen molar-refractivity contribution in [1.82, 2.24) is 4.90 Å². The van der Waals surface area contributed by atoms with E-state index in [4.69, 9.17) is 16.0 Å². The van der Waals surface area contributed by atoms with Gasteiger partial charge in [-0.2, -0.15) is 0 Å². The monoisotopic (exact) mass is 378 g/mol. The van der Waals surface area contributed by atoms with Crippen LogP contribution in [0.1, 0.15) is 5.76 Å². The first-order chi connectivity index (χ1) is 11.9. The number of carbonyl (C=O) groups is 3. The Morgan fingerprint density at radius 1 is 1.36 bits per heavy atom. The summed E-state index contributed by atoms with van der Waals surface area (Å²) in [6.45, 7) is -0.480. The molecular formula is C16H11ClN2O5S. The summed E-state index contributed by atoms with van der Waals surface area (Å²) in [4.78, 5) is 37.3. The Kier molecular flexibility index (Phi) is 4.82. The molecular weight excluding hydrogens is 368 g/mol. The fourth-order valence-corrected chi connectivity index (χ4v) is 3.07. The molecule has 0 aliphatic carbocycles. The number of hydrogen-bond donors (Lipinski definition) is 2. The Labute approximate surface area is 151 Å². The number of phenols is 1. The molecule has 128 valence electrons. The van der Waals surface area contributed by atoms with Gasteiger partial charge in [0.15, 0.2) is 0 Å². The molecule has 1 fully saturated rings. The Morgan fingerprint density at radius 2 is 2.16 bits per heavy atom. The first-order valence-corrected chi connectivity index (χ1v) is 8.21. The van der Waals surface area contributed by atoms with Crippen LogP contribution >= 0.6 is 23.4 Å². The van der Waals surface area contributed by atoms with Crippen molar-refractivity contribution in [3.05, 3.63) is 52.3 Å². The zero-order valence-corrected chi connectivity index (χ0v) is 14.1. The molecule has 1 saturated heterocycles. The first-order valence-electron chi connectivity index (χ1n) is 7.01. The summed E-state index contributed by atoms with van der Waals surface area (Å²) in [5.41, 5.74) is 0.0931. The number of anilines is 1. The number of aromatic hydroxyl groups is 1. The lowest BCUT2D eigenvalue weighted by Gasteiger charge is -2.13. The van der Waals surface area contributed by atoms with Crippen LogP contribution in [-0.2, 0) is 9.59 Å². The van der Waals surface area contributed by atoms with E-state index in [0.29, 0.717) is 10.8 Å². The maximum absolute atomic E-state index is 12.3. The largest absolute Gasteiger partial charge is 0.506 e. The van der Waals surface area contributed by atoms with E-state index < -0.39 is 23.6 Å². The van der Waals surface area contributed by atoms with Crippen LogP contribution in [0.4, 0.5) is 10.5 Å². The minimum Gasteiger partial charge on any atom is -0.506 e. The van der Waals surface area contributed by atoms with Gasteiger partial charge in [0.1, 0.15) is 18.1 Å². The molecule has 2 heterocycles. The number of nitrogens with zero attached hydrogens (tertiary/aromatic N) is 1. The predicted octanol–water partition coefficient (Wildman–Crippen LogP) is 3.31. The van der Waals surface area contributed by atoms with E-state index in [1.807, 2.05) is 0 Å². The SMILES string of the molecule is O=C(CN1C(=O)S/C(=C\c2ccco2)C1=O)Nc1cc(Cl)ccc1O. The molecule has 3 amide bonds. The molecule has 0 spiro atoms. The van der Waals surface area contributed by atoms with Crippen molar-refractivity contribution in [3.63, 3.8) is 0 Å². The van der Waals surface area contributed by atoms with Gasteiger partial charge in [-0.3, -0.25) is 19.3 Å². The maximum Gasteiger partial charge on any atom is 0.294 e. The second-order valence-corrected chi connectivity index (χ2v) is 6.42. The predicted molar refractivity (Wildman–Crippen MR) is 93.1 cm³/mol. The van der Waals surface area contributed by atoms with E-state index in [2.05, 4.69) is 5.32 Å². The molecule has 1 aliphatic heterocycles. The average molecular weight is 379 g/mol. The second-order valence-electron chi connectivity index (χ2n) is 4.99. The molecule has 1 aromatic carbocycles. The molecule has 0 bridgehead atoms. The highest BCUT2D eigenvalue weighted by atomic mass is 35.5. The van der Waals surface area contributed by atoms with Gasteiger partial charge in [-0.15, -0.1) is 0 Å². The summed E-state index contributed by atoms with van der Waals surface area (Å²) in [5, 5.41) is 11.9. The van der Waals surface area contributed by atoms with Crippen LogP contribution in [0.2, 0.25) is 5.02 Å². The molecule has 0 unspecified atom stereocenters. The number of benzene rings is 1. The highest BCUT2D eigenvalue weighted by Crippen LogP contribution is 2.32. The standard InChI is InChI=1S/C16H11ClN2O5S/c17-9-3-4-12(20)11(6-9)18-14(21)8-19-15(22)13(25-16(19)23)7-10-2-1-5-24-10/h1-7,20H,8H2,(H,18,21)/b13-7-. The zero-order valence-electron chi connectivity index (χ0n) is 12.6. The number of carbonyl (C=O) groups excluding carboxylic acids is 3. The lowest BCUT2D eigenvalue weighted by molar-refractivity contribution is -0.127. The van der Waals surface area contributed by atoms with Crippen LogP contribution < -0.4 is 5.32 Å². The topological polar surface area (TPSA) is 99.9 Å². The number of phenolic OH excluding ortho intramolecular Hbond substituents is 1. The van der Waals surface area contributed by atoms with Crippen molar-refractivity contribution in [1.29, 1.82) is 0 Å². The minimum atomic E-state index is -0.640. The van der Waals surface area contributed by atoms with E-state index in [1.54, 1.807) is 12.1 Å². The average Bonchev–Trinajstić information content (AvgIpc) is 3.15. The van der Waals surface area contributed by atoms with Crippen molar-refractivity contribution < 1.29 is 23.9 Å². The Balaban J connectivity index is 1.70. The van der Waals surface area contributed by atoms with E-state index in [9.17, 15) is 19.5 Å². The fourth-order valence-electron chi connectivity index (χ4n) is 2.08. The molecule has 1 aliphatic rings.